The summed E-state index contributed by atoms with van der Waals surface area (Å²) in [6.45, 7) is 5.95. The number of hydrogen-bond acceptors (Lipinski definition) is 1. The van der Waals surface area contributed by atoms with Crippen molar-refractivity contribution in [1.82, 2.24) is 0 Å². The lowest BCUT2D eigenvalue weighted by molar-refractivity contribution is -0.142. The van der Waals surface area contributed by atoms with Gasteiger partial charge in [-0.05, 0) is 25.7 Å². The molecule has 2 nitrogen and oxygen atoms in total. The summed E-state index contributed by atoms with van der Waals surface area (Å²) < 4.78 is 0. The van der Waals surface area contributed by atoms with Crippen LogP contribution < -0.4 is 0 Å². The molecular formula is C27H52O2. The van der Waals surface area contributed by atoms with Gasteiger partial charge in [0.25, 0.3) is 0 Å². The predicted molar refractivity (Wildman–Crippen MR) is 129 cm³/mol. The smallest absolute Gasteiger partial charge is 0.306 e. The van der Waals surface area contributed by atoms with Gasteiger partial charge in [0.05, 0.1) is 5.92 Å². The monoisotopic (exact) mass is 408 g/mol. The molecule has 0 aliphatic carbocycles. The zero-order chi connectivity index (χ0) is 21.4. The molecule has 0 fully saturated rings. The second kappa shape index (κ2) is 23.5. The van der Waals surface area contributed by atoms with E-state index in [-0.39, 0.29) is 5.92 Å². The molecular weight excluding hydrogens is 356 g/mol. The van der Waals surface area contributed by atoms with Gasteiger partial charge in [-0.15, -0.1) is 6.58 Å². The Morgan fingerprint density at radius 1 is 0.655 bits per heavy atom. The lowest BCUT2D eigenvalue weighted by atomic mass is 9.94. The first kappa shape index (κ1) is 28.2. The van der Waals surface area contributed by atoms with Gasteiger partial charge in [-0.25, -0.2) is 0 Å². The molecule has 0 radical (unpaired) electrons. The summed E-state index contributed by atoms with van der Waals surface area (Å²) in [6.07, 6.45) is 30.1. The fourth-order valence-corrected chi connectivity index (χ4v) is 4.19. The van der Waals surface area contributed by atoms with Crippen LogP contribution >= 0.6 is 0 Å². The molecule has 0 aromatic heterocycles. The highest BCUT2D eigenvalue weighted by Crippen LogP contribution is 2.19. The van der Waals surface area contributed by atoms with Crippen molar-refractivity contribution in [3.8, 4) is 0 Å². The summed E-state index contributed by atoms with van der Waals surface area (Å²) in [6, 6.07) is 0. The van der Waals surface area contributed by atoms with Crippen LogP contribution in [0.25, 0.3) is 0 Å². The minimum atomic E-state index is -0.579. The molecule has 1 N–H and O–H groups in total. The SMILES string of the molecule is C=CCCCCCCCCCCCCCCCCCCC(CCCCC)C(=O)O. The number of aliphatic carboxylic acids is 1. The fourth-order valence-electron chi connectivity index (χ4n) is 4.19. The van der Waals surface area contributed by atoms with Crippen molar-refractivity contribution in [3.63, 3.8) is 0 Å². The predicted octanol–water partition coefficient (Wildman–Crippen LogP) is 9.48. The molecule has 0 rings (SSSR count). The van der Waals surface area contributed by atoms with E-state index in [0.717, 1.165) is 25.7 Å². The van der Waals surface area contributed by atoms with Crippen LogP contribution in [0.2, 0.25) is 0 Å². The molecule has 2 heteroatoms. The van der Waals surface area contributed by atoms with Crippen LogP contribution in [0.3, 0.4) is 0 Å². The van der Waals surface area contributed by atoms with Crippen LogP contribution in [-0.2, 0) is 4.79 Å². The van der Waals surface area contributed by atoms with E-state index in [2.05, 4.69) is 13.5 Å². The summed E-state index contributed by atoms with van der Waals surface area (Å²) in [5.74, 6) is -0.677. The van der Waals surface area contributed by atoms with Crippen molar-refractivity contribution >= 4 is 5.97 Å². The van der Waals surface area contributed by atoms with E-state index in [1.807, 2.05) is 6.08 Å². The molecule has 0 saturated carbocycles. The van der Waals surface area contributed by atoms with Crippen LogP contribution in [0.1, 0.15) is 148 Å². The molecule has 29 heavy (non-hydrogen) atoms. The first-order valence-electron chi connectivity index (χ1n) is 13.1. The van der Waals surface area contributed by atoms with Gasteiger partial charge >= 0.3 is 5.97 Å². The Morgan fingerprint density at radius 3 is 1.34 bits per heavy atom. The number of carboxylic acid groups (broad SMARTS) is 1. The van der Waals surface area contributed by atoms with Crippen molar-refractivity contribution in [2.75, 3.05) is 0 Å². The van der Waals surface area contributed by atoms with Gasteiger partial charge in [0.2, 0.25) is 0 Å². The molecule has 0 aliphatic rings. The van der Waals surface area contributed by atoms with E-state index in [4.69, 9.17) is 0 Å². The van der Waals surface area contributed by atoms with Crippen molar-refractivity contribution < 1.29 is 9.90 Å². The number of unbranched alkanes of at least 4 members (excludes halogenated alkanes) is 18. The highest BCUT2D eigenvalue weighted by Gasteiger charge is 2.15. The fraction of sp³-hybridized carbons (Fsp3) is 0.889. The van der Waals surface area contributed by atoms with Crippen LogP contribution in [0.15, 0.2) is 12.7 Å². The van der Waals surface area contributed by atoms with E-state index in [0.29, 0.717) is 0 Å². The van der Waals surface area contributed by atoms with Crippen molar-refractivity contribution in [1.29, 1.82) is 0 Å². The third-order valence-corrected chi connectivity index (χ3v) is 6.22. The van der Waals surface area contributed by atoms with Gasteiger partial charge in [0, 0.05) is 0 Å². The molecule has 172 valence electrons. The van der Waals surface area contributed by atoms with Crippen LogP contribution in [-0.4, -0.2) is 11.1 Å². The maximum absolute atomic E-state index is 11.3. The Labute approximate surface area is 182 Å². The van der Waals surface area contributed by atoms with Crippen molar-refractivity contribution in [2.45, 2.75) is 148 Å². The van der Waals surface area contributed by atoms with Gasteiger partial charge in [0.15, 0.2) is 0 Å². The van der Waals surface area contributed by atoms with E-state index < -0.39 is 5.97 Å². The van der Waals surface area contributed by atoms with Crippen molar-refractivity contribution in [2.24, 2.45) is 5.92 Å². The average Bonchev–Trinajstić information content (AvgIpc) is 2.71. The first-order valence-corrected chi connectivity index (χ1v) is 13.1. The molecule has 0 heterocycles. The van der Waals surface area contributed by atoms with E-state index in [1.54, 1.807) is 0 Å². The largest absolute Gasteiger partial charge is 0.481 e. The maximum Gasteiger partial charge on any atom is 0.306 e. The molecule has 0 saturated heterocycles. The van der Waals surface area contributed by atoms with Gasteiger partial charge in [-0.2, -0.15) is 0 Å². The van der Waals surface area contributed by atoms with Gasteiger partial charge in [-0.3, -0.25) is 4.79 Å². The highest BCUT2D eigenvalue weighted by molar-refractivity contribution is 5.69. The molecule has 0 aliphatic heterocycles. The first-order chi connectivity index (χ1) is 14.2. The van der Waals surface area contributed by atoms with Gasteiger partial charge < -0.3 is 5.11 Å². The number of carbonyl (C=O) groups is 1. The second-order valence-electron chi connectivity index (χ2n) is 9.05. The Hall–Kier alpha value is -0.790. The van der Waals surface area contributed by atoms with Gasteiger partial charge in [-0.1, -0.05) is 129 Å². The second-order valence-corrected chi connectivity index (χ2v) is 9.05. The molecule has 0 aromatic carbocycles. The minimum Gasteiger partial charge on any atom is -0.481 e. The lowest BCUT2D eigenvalue weighted by Gasteiger charge is -2.11. The molecule has 0 spiro atoms. The lowest BCUT2D eigenvalue weighted by Crippen LogP contribution is -2.13. The molecule has 1 atom stereocenters. The van der Waals surface area contributed by atoms with Crippen LogP contribution in [0, 0.1) is 5.92 Å². The van der Waals surface area contributed by atoms with Crippen molar-refractivity contribution in [3.05, 3.63) is 12.7 Å². The van der Waals surface area contributed by atoms with Crippen LogP contribution in [0.5, 0.6) is 0 Å². The summed E-state index contributed by atoms with van der Waals surface area (Å²) >= 11 is 0. The highest BCUT2D eigenvalue weighted by atomic mass is 16.4. The summed E-state index contributed by atoms with van der Waals surface area (Å²) in [5.41, 5.74) is 0. The van der Waals surface area contributed by atoms with Gasteiger partial charge in [0.1, 0.15) is 0 Å². The Bertz CT molecular complexity index is 350. The topological polar surface area (TPSA) is 37.3 Å². The normalized spacial score (nSPS) is 12.2. The zero-order valence-electron chi connectivity index (χ0n) is 19.8. The minimum absolute atomic E-state index is 0.0983. The number of carboxylic acids is 1. The average molecular weight is 409 g/mol. The molecule has 0 bridgehead atoms. The summed E-state index contributed by atoms with van der Waals surface area (Å²) in [4.78, 5) is 11.3. The third-order valence-electron chi connectivity index (χ3n) is 6.22. The van der Waals surface area contributed by atoms with E-state index >= 15 is 0 Å². The quantitative estimate of drug-likeness (QED) is 0.127. The van der Waals surface area contributed by atoms with E-state index in [9.17, 15) is 9.90 Å². The third kappa shape index (κ3) is 21.7. The number of hydrogen-bond donors (Lipinski definition) is 1. The van der Waals surface area contributed by atoms with E-state index in [1.165, 1.54) is 116 Å². The summed E-state index contributed by atoms with van der Waals surface area (Å²) in [5, 5.41) is 9.31. The van der Waals surface area contributed by atoms with Crippen LogP contribution in [0.4, 0.5) is 0 Å². The number of allylic oxidation sites excluding steroid dienone is 1. The Balaban J connectivity index is 3.25. The number of rotatable bonds is 24. The maximum atomic E-state index is 11.3. The zero-order valence-corrected chi connectivity index (χ0v) is 19.8. The molecule has 0 amide bonds. The molecule has 0 aromatic rings. The summed E-state index contributed by atoms with van der Waals surface area (Å²) in [7, 11) is 0. The Morgan fingerprint density at radius 2 is 1.00 bits per heavy atom. The standard InChI is InChI=1S/C27H52O2/c1-3-5-7-8-9-10-11-12-13-14-15-16-17-18-19-20-21-23-25-26(27(28)29)24-22-6-4-2/h3,26H,1,4-25H2,2H3,(H,28,29). The molecule has 1 unspecified atom stereocenters. The Kier molecular flexibility index (Phi) is 22.8.